The lowest BCUT2D eigenvalue weighted by Gasteiger charge is -2.29. The van der Waals surface area contributed by atoms with E-state index in [1.807, 2.05) is 12.1 Å². The molecule has 1 amide bonds. The number of carbonyl (C=O) groups is 1. The molecular formula is C14H18ClN3O2S. The molecule has 5 nitrogen and oxygen atoms in total. The summed E-state index contributed by atoms with van der Waals surface area (Å²) in [5.74, 6) is -0.122. The minimum Gasteiger partial charge on any atom is -0.378 e. The molecule has 0 unspecified atom stereocenters. The average Bonchev–Trinajstić information content (AvgIpc) is 2.48. The summed E-state index contributed by atoms with van der Waals surface area (Å²) in [4.78, 5) is 13.4. The van der Waals surface area contributed by atoms with Crippen molar-refractivity contribution in [2.24, 2.45) is 0 Å². The van der Waals surface area contributed by atoms with Crippen molar-refractivity contribution >= 4 is 46.2 Å². The van der Waals surface area contributed by atoms with Gasteiger partial charge in [-0.2, -0.15) is 0 Å². The van der Waals surface area contributed by atoms with Crippen molar-refractivity contribution in [1.29, 1.82) is 0 Å². The number of halogens is 1. The van der Waals surface area contributed by atoms with Gasteiger partial charge in [-0.25, -0.2) is 0 Å². The molecule has 0 aliphatic carbocycles. The molecule has 0 atom stereocenters. The van der Waals surface area contributed by atoms with Gasteiger partial charge < -0.3 is 20.3 Å². The maximum absolute atomic E-state index is 11.3. The van der Waals surface area contributed by atoms with E-state index in [9.17, 15) is 4.79 Å². The first-order valence-corrected chi connectivity index (χ1v) is 7.62. The van der Waals surface area contributed by atoms with Gasteiger partial charge in [0.15, 0.2) is 5.11 Å². The Labute approximate surface area is 134 Å². The van der Waals surface area contributed by atoms with Crippen LogP contribution in [0.25, 0.3) is 0 Å². The molecule has 1 fully saturated rings. The van der Waals surface area contributed by atoms with Crippen LogP contribution >= 0.6 is 23.8 Å². The number of nitrogens with zero attached hydrogens (tertiary/aromatic N) is 1. The van der Waals surface area contributed by atoms with Gasteiger partial charge in [0.2, 0.25) is 5.91 Å². The number of hydrogen-bond acceptors (Lipinski definition) is 4. The zero-order chi connectivity index (χ0) is 15.2. The maximum atomic E-state index is 11.3. The molecule has 1 aliphatic rings. The maximum Gasteiger partial charge on any atom is 0.225 e. The number of ether oxygens (including phenoxy) is 1. The fourth-order valence-electron chi connectivity index (χ4n) is 2.02. The Hall–Kier alpha value is -1.37. The number of hydrogen-bond donors (Lipinski definition) is 2. The van der Waals surface area contributed by atoms with E-state index in [1.165, 1.54) is 0 Å². The van der Waals surface area contributed by atoms with Gasteiger partial charge in [0.25, 0.3) is 0 Å². The summed E-state index contributed by atoms with van der Waals surface area (Å²) in [6.45, 7) is 4.85. The molecule has 2 rings (SSSR count). The molecule has 0 saturated carbocycles. The summed E-state index contributed by atoms with van der Waals surface area (Å²) >= 11 is 11.4. The fourth-order valence-corrected chi connectivity index (χ4v) is 2.55. The monoisotopic (exact) mass is 327 g/mol. The molecule has 1 saturated heterocycles. The van der Waals surface area contributed by atoms with Gasteiger partial charge in [-0.05, 0) is 30.4 Å². The second-order valence-electron chi connectivity index (χ2n) is 4.62. The first kappa shape index (κ1) is 16.0. The van der Waals surface area contributed by atoms with Crippen molar-refractivity contribution < 1.29 is 9.53 Å². The molecule has 114 valence electrons. The summed E-state index contributed by atoms with van der Waals surface area (Å²) in [6.07, 6.45) is 0.387. The van der Waals surface area contributed by atoms with Crippen LogP contribution in [-0.2, 0) is 9.53 Å². The number of morpholine rings is 1. The molecule has 2 N–H and O–H groups in total. The van der Waals surface area contributed by atoms with Crippen molar-refractivity contribution in [3.63, 3.8) is 0 Å². The molecule has 0 radical (unpaired) electrons. The number of thiocarbonyl (C=S) groups is 1. The largest absolute Gasteiger partial charge is 0.378 e. The molecule has 0 aromatic heterocycles. The van der Waals surface area contributed by atoms with Crippen LogP contribution < -0.4 is 15.5 Å². The van der Waals surface area contributed by atoms with Crippen LogP contribution in [-0.4, -0.2) is 37.3 Å². The lowest BCUT2D eigenvalue weighted by molar-refractivity contribution is -0.119. The van der Waals surface area contributed by atoms with Crippen molar-refractivity contribution in [3.05, 3.63) is 23.2 Å². The van der Waals surface area contributed by atoms with E-state index in [1.54, 1.807) is 13.0 Å². The minimum atomic E-state index is -0.122. The van der Waals surface area contributed by atoms with Crippen LogP contribution in [0.1, 0.15) is 13.3 Å². The smallest absolute Gasteiger partial charge is 0.225 e. The van der Waals surface area contributed by atoms with E-state index >= 15 is 0 Å². The van der Waals surface area contributed by atoms with Crippen molar-refractivity contribution in [2.45, 2.75) is 13.3 Å². The Kier molecular flexibility index (Phi) is 5.78. The number of benzene rings is 1. The van der Waals surface area contributed by atoms with E-state index in [0.717, 1.165) is 24.5 Å². The Morgan fingerprint density at radius 2 is 2.14 bits per heavy atom. The zero-order valence-corrected chi connectivity index (χ0v) is 13.4. The number of rotatable bonds is 3. The third-order valence-electron chi connectivity index (χ3n) is 3.13. The van der Waals surface area contributed by atoms with Crippen LogP contribution in [0.3, 0.4) is 0 Å². The summed E-state index contributed by atoms with van der Waals surface area (Å²) in [5.41, 5.74) is 1.73. The molecule has 0 bridgehead atoms. The number of amides is 1. The first-order chi connectivity index (χ1) is 10.1. The highest BCUT2D eigenvalue weighted by Gasteiger charge is 2.14. The molecule has 1 aliphatic heterocycles. The van der Waals surface area contributed by atoms with E-state index in [-0.39, 0.29) is 11.0 Å². The lowest BCUT2D eigenvalue weighted by Crippen LogP contribution is -2.36. The van der Waals surface area contributed by atoms with Crippen molar-refractivity contribution in [2.75, 3.05) is 36.5 Å². The van der Waals surface area contributed by atoms with Gasteiger partial charge >= 0.3 is 0 Å². The quantitative estimate of drug-likeness (QED) is 0.835. The molecule has 1 aromatic carbocycles. The molecule has 1 heterocycles. The summed E-state index contributed by atoms with van der Waals surface area (Å²) in [7, 11) is 0. The summed E-state index contributed by atoms with van der Waals surface area (Å²) in [5, 5.41) is 6.46. The third kappa shape index (κ3) is 4.56. The molecule has 1 aromatic rings. The SMILES string of the molecule is CCC(=O)NC(=S)Nc1ccc(N2CCOCC2)c(Cl)c1. The highest BCUT2D eigenvalue weighted by atomic mass is 35.5. The van der Waals surface area contributed by atoms with Gasteiger partial charge in [0.05, 0.1) is 23.9 Å². The van der Waals surface area contributed by atoms with Gasteiger partial charge in [0.1, 0.15) is 0 Å². The van der Waals surface area contributed by atoms with Crippen molar-refractivity contribution in [1.82, 2.24) is 5.32 Å². The molecule has 0 spiro atoms. The van der Waals surface area contributed by atoms with Gasteiger partial charge in [-0.3, -0.25) is 4.79 Å². The highest BCUT2D eigenvalue weighted by molar-refractivity contribution is 7.80. The van der Waals surface area contributed by atoms with Crippen LogP contribution in [0.2, 0.25) is 5.02 Å². The van der Waals surface area contributed by atoms with Crippen molar-refractivity contribution in [3.8, 4) is 0 Å². The number of nitrogens with one attached hydrogen (secondary N) is 2. The third-order valence-corrected chi connectivity index (χ3v) is 3.64. The Morgan fingerprint density at radius 3 is 2.76 bits per heavy atom. The van der Waals surface area contributed by atoms with E-state index < -0.39 is 0 Å². The fraction of sp³-hybridized carbons (Fsp3) is 0.429. The lowest BCUT2D eigenvalue weighted by atomic mass is 10.2. The van der Waals surface area contributed by atoms with E-state index in [4.69, 9.17) is 28.6 Å². The Balaban J connectivity index is 2.01. The number of anilines is 2. The standard InChI is InChI=1S/C14H18ClN3O2S/c1-2-13(19)17-14(21)16-10-3-4-12(11(15)9-10)18-5-7-20-8-6-18/h3-4,9H,2,5-8H2,1H3,(H2,16,17,19,21). The predicted molar refractivity (Wildman–Crippen MR) is 89.1 cm³/mol. The first-order valence-electron chi connectivity index (χ1n) is 6.83. The summed E-state index contributed by atoms with van der Waals surface area (Å²) in [6, 6.07) is 5.64. The molecular weight excluding hydrogens is 310 g/mol. The normalized spacial score (nSPS) is 14.7. The van der Waals surface area contributed by atoms with Crippen LogP contribution in [0.5, 0.6) is 0 Å². The second-order valence-corrected chi connectivity index (χ2v) is 5.44. The van der Waals surface area contributed by atoms with E-state index in [0.29, 0.717) is 24.7 Å². The van der Waals surface area contributed by atoms with Crippen LogP contribution in [0.4, 0.5) is 11.4 Å². The number of carbonyl (C=O) groups excluding carboxylic acids is 1. The van der Waals surface area contributed by atoms with Crippen LogP contribution in [0, 0.1) is 0 Å². The highest BCUT2D eigenvalue weighted by Crippen LogP contribution is 2.29. The Bertz CT molecular complexity index is 533. The molecule has 7 heteroatoms. The molecule has 21 heavy (non-hydrogen) atoms. The topological polar surface area (TPSA) is 53.6 Å². The summed E-state index contributed by atoms with van der Waals surface area (Å²) < 4.78 is 5.33. The van der Waals surface area contributed by atoms with Gasteiger partial charge in [-0.1, -0.05) is 18.5 Å². The van der Waals surface area contributed by atoms with Crippen LogP contribution in [0.15, 0.2) is 18.2 Å². The second kappa shape index (κ2) is 7.59. The van der Waals surface area contributed by atoms with Gasteiger partial charge in [-0.15, -0.1) is 0 Å². The Morgan fingerprint density at radius 1 is 1.43 bits per heavy atom. The zero-order valence-electron chi connectivity index (χ0n) is 11.8. The average molecular weight is 328 g/mol. The van der Waals surface area contributed by atoms with Gasteiger partial charge in [0, 0.05) is 25.2 Å². The predicted octanol–water partition coefficient (Wildman–Crippen LogP) is 2.40. The van der Waals surface area contributed by atoms with E-state index in [2.05, 4.69) is 15.5 Å². The minimum absolute atomic E-state index is 0.122.